The number of rotatable bonds is 13. The average molecular weight is 729 g/mol. The minimum absolute atomic E-state index is 0.0164. The first kappa shape index (κ1) is 36.9. The Morgan fingerprint density at radius 3 is 2.23 bits per heavy atom. The normalized spacial score (nSPS) is 19.0. The van der Waals surface area contributed by atoms with Gasteiger partial charge in [0.1, 0.15) is 48.8 Å². The van der Waals surface area contributed by atoms with E-state index >= 15 is 0 Å². The zero-order chi connectivity index (χ0) is 37.5. The Kier molecular flexibility index (Phi) is 11.6. The molecule has 1 aliphatic carbocycles. The minimum Gasteiger partial charge on any atom is -0.462 e. The van der Waals surface area contributed by atoms with E-state index < -0.39 is 41.8 Å². The summed E-state index contributed by atoms with van der Waals surface area (Å²) in [5, 5.41) is 43.8. The van der Waals surface area contributed by atoms with Gasteiger partial charge in [0.25, 0.3) is 5.69 Å². The number of nitrogens with one attached hydrogen (secondary N) is 1. The first-order valence-electron chi connectivity index (χ1n) is 16.7. The number of nitro groups is 1. The molecule has 15 heteroatoms. The minimum atomic E-state index is -1.60. The van der Waals surface area contributed by atoms with Gasteiger partial charge in [0.05, 0.1) is 11.5 Å². The molecule has 4 aromatic rings. The third kappa shape index (κ3) is 8.96. The molecule has 15 nitrogen and oxygen atoms in total. The van der Waals surface area contributed by atoms with Crippen LogP contribution < -0.4 is 14.8 Å². The molecule has 53 heavy (non-hydrogen) atoms. The second kappa shape index (κ2) is 16.6. The van der Waals surface area contributed by atoms with Gasteiger partial charge in [0.2, 0.25) is 6.29 Å². The van der Waals surface area contributed by atoms with E-state index in [0.717, 1.165) is 22.3 Å². The number of carbonyl (C=O) groups excluding carboxylic acids is 3. The fraction of sp³-hybridized carbons (Fsp3) is 0.289. The van der Waals surface area contributed by atoms with Crippen LogP contribution >= 0.6 is 0 Å². The summed E-state index contributed by atoms with van der Waals surface area (Å²) in [5.41, 5.74) is 4.90. The van der Waals surface area contributed by atoms with Crippen molar-refractivity contribution < 1.29 is 58.3 Å². The summed E-state index contributed by atoms with van der Waals surface area (Å²) in [5.74, 6) is -0.275. The van der Waals surface area contributed by atoms with Crippen LogP contribution in [-0.4, -0.2) is 82.6 Å². The Morgan fingerprint density at radius 1 is 0.868 bits per heavy atom. The van der Waals surface area contributed by atoms with Gasteiger partial charge in [-0.3, -0.25) is 14.9 Å². The highest BCUT2D eigenvalue weighted by Crippen LogP contribution is 2.44. The predicted octanol–water partition coefficient (Wildman–Crippen LogP) is 4.17. The zero-order valence-corrected chi connectivity index (χ0v) is 28.2. The first-order chi connectivity index (χ1) is 25.6. The van der Waals surface area contributed by atoms with Crippen molar-refractivity contribution in [3.63, 3.8) is 0 Å². The second-order valence-corrected chi connectivity index (χ2v) is 12.4. The highest BCUT2D eigenvalue weighted by Gasteiger charge is 2.39. The summed E-state index contributed by atoms with van der Waals surface area (Å²) < 4.78 is 27.0. The highest BCUT2D eigenvalue weighted by molar-refractivity contribution is 5.82. The molecule has 0 spiro atoms. The third-order valence-corrected chi connectivity index (χ3v) is 8.83. The van der Waals surface area contributed by atoms with Gasteiger partial charge in [-0.05, 0) is 52.1 Å². The molecular formula is C38H36N2O13. The number of aliphatic hydroxyl groups excluding tert-OH is 3. The Labute approximate surface area is 302 Å². The van der Waals surface area contributed by atoms with Crippen molar-refractivity contribution in [1.82, 2.24) is 5.32 Å². The van der Waals surface area contributed by atoms with E-state index in [1.807, 2.05) is 48.5 Å². The topological polar surface area (TPSA) is 213 Å². The lowest BCUT2D eigenvalue weighted by atomic mass is 9.98. The number of Topliss-reactive ketones (excluding diaryl/α,β-unsaturated/α-hetero) is 1. The fourth-order valence-corrected chi connectivity index (χ4v) is 6.14. The number of carbonyl (C=O) groups is 3. The number of nitrogens with zero attached hydrogens (tertiary/aromatic N) is 1. The maximum absolute atomic E-state index is 13.1. The molecule has 0 aromatic heterocycles. The molecule has 2 aliphatic rings. The second-order valence-electron chi connectivity index (χ2n) is 12.4. The Hall–Kier alpha value is -5.87. The first-order valence-corrected chi connectivity index (χ1v) is 16.7. The molecule has 4 atom stereocenters. The molecule has 4 aromatic carbocycles. The largest absolute Gasteiger partial charge is 0.514 e. The molecule has 1 fully saturated rings. The summed E-state index contributed by atoms with van der Waals surface area (Å²) in [4.78, 5) is 48.3. The molecule has 0 bridgehead atoms. The lowest BCUT2D eigenvalue weighted by Crippen LogP contribution is -2.54. The van der Waals surface area contributed by atoms with Gasteiger partial charge >= 0.3 is 12.2 Å². The molecule has 0 radical (unpaired) electrons. The van der Waals surface area contributed by atoms with Gasteiger partial charge in [-0.1, -0.05) is 54.6 Å². The average Bonchev–Trinajstić information content (AvgIpc) is 3.47. The van der Waals surface area contributed by atoms with Crippen LogP contribution in [0.3, 0.4) is 0 Å². The smallest absolute Gasteiger partial charge is 0.462 e. The number of fused-ring (bicyclic) bond motifs is 3. The summed E-state index contributed by atoms with van der Waals surface area (Å²) in [6.45, 7) is -0.491. The zero-order valence-electron chi connectivity index (χ0n) is 28.2. The van der Waals surface area contributed by atoms with Gasteiger partial charge in [-0.2, -0.15) is 0 Å². The van der Waals surface area contributed by atoms with Gasteiger partial charge in [0.15, 0.2) is 0 Å². The van der Waals surface area contributed by atoms with Crippen molar-refractivity contribution in [3.8, 4) is 22.6 Å². The lowest BCUT2D eigenvalue weighted by molar-refractivity contribution is -0.384. The number of amides is 1. The van der Waals surface area contributed by atoms with E-state index in [4.69, 9.17) is 23.7 Å². The number of non-ortho nitro benzene ring substituents is 1. The number of alkyl carbamates (subject to hydrolysis) is 1. The van der Waals surface area contributed by atoms with Crippen LogP contribution in [-0.2, 0) is 32.0 Å². The Bertz CT molecular complexity index is 1920. The Morgan fingerprint density at radius 2 is 1.55 bits per heavy atom. The van der Waals surface area contributed by atoms with Crippen molar-refractivity contribution in [3.05, 3.63) is 123 Å². The van der Waals surface area contributed by atoms with E-state index in [1.165, 1.54) is 42.5 Å². The molecule has 1 heterocycles. The molecule has 0 unspecified atom stereocenters. The van der Waals surface area contributed by atoms with Gasteiger partial charge in [-0.15, -0.1) is 0 Å². The highest BCUT2D eigenvalue weighted by atomic mass is 16.7. The maximum atomic E-state index is 13.1. The number of ether oxygens (including phenoxy) is 5. The van der Waals surface area contributed by atoms with Crippen LogP contribution in [0.15, 0.2) is 91.0 Å². The predicted molar refractivity (Wildman–Crippen MR) is 185 cm³/mol. The molecular weight excluding hydrogens is 692 g/mol. The molecule has 1 saturated heterocycles. The van der Waals surface area contributed by atoms with E-state index in [9.17, 15) is 39.8 Å². The van der Waals surface area contributed by atoms with Gasteiger partial charge < -0.3 is 44.3 Å². The molecule has 4 N–H and O–H groups in total. The van der Waals surface area contributed by atoms with E-state index in [0.29, 0.717) is 11.1 Å². The lowest BCUT2D eigenvalue weighted by Gasteiger charge is -2.35. The standard InChI is InChI=1S/C38H36N2O13/c41-25(15-16-39-37(45)50-20-31-29-7-3-1-5-27(29)28-6-2-4-8-30(28)31)18-23-17-22(9-14-33(23)53-36-35(44)34(43)32(42)21-49-36)19-51-38(46)52-26-12-10-24(11-13-26)40(47)48/h1-14,17,31-32,34-36,42-44H,15-16,18-21H2,(H,39,45)/t32-,34+,35-,36-/m1/s1. The molecule has 1 aliphatic heterocycles. The number of hydrogen-bond donors (Lipinski definition) is 4. The van der Waals surface area contributed by atoms with E-state index in [-0.39, 0.29) is 68.1 Å². The molecule has 276 valence electrons. The van der Waals surface area contributed by atoms with Gasteiger partial charge in [0, 0.05) is 43.0 Å². The van der Waals surface area contributed by atoms with Crippen LogP contribution in [0.4, 0.5) is 15.3 Å². The maximum Gasteiger partial charge on any atom is 0.514 e. The molecule has 6 rings (SSSR count). The van der Waals surface area contributed by atoms with Crippen molar-refractivity contribution in [2.75, 3.05) is 19.8 Å². The van der Waals surface area contributed by atoms with Gasteiger partial charge in [-0.25, -0.2) is 9.59 Å². The molecule has 0 saturated carbocycles. The number of nitro benzene ring substituents is 1. The Balaban J connectivity index is 1.05. The van der Waals surface area contributed by atoms with Crippen molar-refractivity contribution in [2.45, 2.75) is 50.0 Å². The summed E-state index contributed by atoms with van der Waals surface area (Å²) in [7, 11) is 0. The SMILES string of the molecule is O=C(CCNC(=O)OCC1c2ccccc2-c2ccccc21)Cc1cc(COC(=O)Oc2ccc([N+](=O)[O-])cc2)ccc1O[C@H]1OC[C@@H](O)[C@H](O)[C@H]1O. The monoisotopic (exact) mass is 728 g/mol. The summed E-state index contributed by atoms with van der Waals surface area (Å²) in [6.07, 6.45) is -7.83. The number of aliphatic hydroxyl groups is 3. The number of benzene rings is 4. The van der Waals surface area contributed by atoms with Crippen LogP contribution in [0.25, 0.3) is 11.1 Å². The van der Waals surface area contributed by atoms with Crippen LogP contribution in [0.5, 0.6) is 11.5 Å². The van der Waals surface area contributed by atoms with Crippen LogP contribution in [0.1, 0.15) is 34.6 Å². The van der Waals surface area contributed by atoms with Crippen LogP contribution in [0.2, 0.25) is 0 Å². The summed E-state index contributed by atoms with van der Waals surface area (Å²) >= 11 is 0. The fourth-order valence-electron chi connectivity index (χ4n) is 6.14. The number of ketones is 1. The van der Waals surface area contributed by atoms with Crippen molar-refractivity contribution in [2.24, 2.45) is 0 Å². The van der Waals surface area contributed by atoms with E-state index in [2.05, 4.69) is 5.32 Å². The van der Waals surface area contributed by atoms with E-state index in [1.54, 1.807) is 0 Å². The quantitative estimate of drug-likeness (QED) is 0.0660. The number of hydrogen-bond acceptors (Lipinski definition) is 13. The van der Waals surface area contributed by atoms with Crippen LogP contribution in [0, 0.1) is 10.1 Å². The molecule has 1 amide bonds. The van der Waals surface area contributed by atoms with Crippen molar-refractivity contribution >= 4 is 23.7 Å². The summed E-state index contributed by atoms with van der Waals surface area (Å²) in [6, 6.07) is 25.3. The van der Waals surface area contributed by atoms with Crippen molar-refractivity contribution in [1.29, 1.82) is 0 Å². The third-order valence-electron chi connectivity index (χ3n) is 8.83.